The van der Waals surface area contributed by atoms with E-state index >= 15 is 0 Å². The van der Waals surface area contributed by atoms with E-state index in [1.807, 2.05) is 4.90 Å². The van der Waals surface area contributed by atoms with Crippen LogP contribution in [-0.4, -0.2) is 43.2 Å². The monoisotopic (exact) mass is 369 g/mol. The number of benzene rings is 1. The largest absolute Gasteiger partial charge is 0.341 e. The Bertz CT molecular complexity index is 1040. The van der Waals surface area contributed by atoms with Gasteiger partial charge in [0.05, 0.1) is 11.9 Å². The number of fused-ring (bicyclic) bond motifs is 1. The highest BCUT2D eigenvalue weighted by molar-refractivity contribution is 5.78. The molecular weight excluding hydrogens is 349 g/mol. The average Bonchev–Trinajstić information content (AvgIpc) is 3.09. The van der Waals surface area contributed by atoms with E-state index in [1.165, 1.54) is 33.9 Å². The molecule has 1 amide bonds. The summed E-state index contributed by atoms with van der Waals surface area (Å²) in [5.74, 6) is 0.0563. The smallest absolute Gasteiger partial charge is 0.264 e. The molecule has 1 fully saturated rings. The average molecular weight is 369 g/mol. The third-order valence-electron chi connectivity index (χ3n) is 4.94. The number of carbonyl (C=O) groups is 1. The minimum atomic E-state index is -0.351. The number of amides is 1. The number of likely N-dealkylation sites (tertiary alicyclic amines) is 1. The van der Waals surface area contributed by atoms with E-state index in [2.05, 4.69) is 17.0 Å². The van der Waals surface area contributed by atoms with Gasteiger partial charge in [0.15, 0.2) is 5.65 Å². The second-order valence-electron chi connectivity index (χ2n) is 7.03. The molecule has 1 unspecified atom stereocenters. The summed E-state index contributed by atoms with van der Waals surface area (Å²) in [5.41, 5.74) is 0.670. The van der Waals surface area contributed by atoms with Crippen molar-refractivity contribution in [3.05, 3.63) is 53.0 Å². The predicted molar refractivity (Wildman–Crippen MR) is 98.1 cm³/mol. The number of hydrogen-bond acceptors (Lipinski definition) is 4. The van der Waals surface area contributed by atoms with Crippen molar-refractivity contribution < 1.29 is 9.18 Å². The highest BCUT2D eigenvalue weighted by atomic mass is 19.1. The van der Waals surface area contributed by atoms with Crippen molar-refractivity contribution in [3.63, 3.8) is 0 Å². The molecule has 140 valence electrons. The Balaban J connectivity index is 1.62. The topological polar surface area (TPSA) is 73.0 Å². The molecule has 4 rings (SSSR count). The molecule has 0 radical (unpaired) electrons. The fourth-order valence-electron chi connectivity index (χ4n) is 3.49. The molecule has 27 heavy (non-hydrogen) atoms. The van der Waals surface area contributed by atoms with Crippen molar-refractivity contribution in [2.24, 2.45) is 5.92 Å². The minimum Gasteiger partial charge on any atom is -0.341 e. The highest BCUT2D eigenvalue weighted by Gasteiger charge is 2.22. The molecule has 3 heterocycles. The maximum absolute atomic E-state index is 13.1. The minimum absolute atomic E-state index is 0.0315. The zero-order valence-electron chi connectivity index (χ0n) is 15.0. The highest BCUT2D eigenvalue weighted by Crippen LogP contribution is 2.16. The van der Waals surface area contributed by atoms with E-state index < -0.39 is 0 Å². The molecule has 1 aliphatic heterocycles. The number of piperidine rings is 1. The summed E-state index contributed by atoms with van der Waals surface area (Å²) in [5, 5.41) is 4.52. The summed E-state index contributed by atoms with van der Waals surface area (Å²) >= 11 is 0. The van der Waals surface area contributed by atoms with Crippen LogP contribution in [0.1, 0.15) is 19.8 Å². The van der Waals surface area contributed by atoms with Crippen LogP contribution in [0.4, 0.5) is 4.39 Å². The first kappa shape index (κ1) is 17.4. The molecule has 0 N–H and O–H groups in total. The number of rotatable bonds is 3. The van der Waals surface area contributed by atoms with E-state index in [4.69, 9.17) is 0 Å². The molecule has 1 atom stereocenters. The molecule has 7 nitrogen and oxygen atoms in total. The van der Waals surface area contributed by atoms with E-state index in [0.29, 0.717) is 22.6 Å². The van der Waals surface area contributed by atoms with Gasteiger partial charge in [-0.05, 0) is 43.0 Å². The van der Waals surface area contributed by atoms with Crippen molar-refractivity contribution in [1.29, 1.82) is 0 Å². The lowest BCUT2D eigenvalue weighted by molar-refractivity contribution is -0.133. The number of halogens is 1. The van der Waals surface area contributed by atoms with Crippen LogP contribution >= 0.6 is 0 Å². The maximum Gasteiger partial charge on any atom is 0.264 e. The summed E-state index contributed by atoms with van der Waals surface area (Å²) in [6.07, 6.45) is 4.92. The first-order chi connectivity index (χ1) is 13.0. The Hall–Kier alpha value is -3.03. The van der Waals surface area contributed by atoms with Gasteiger partial charge < -0.3 is 4.90 Å². The van der Waals surface area contributed by atoms with Crippen LogP contribution in [0, 0.1) is 11.7 Å². The SMILES string of the molecule is CC1CCCN(C(=O)Cn2cnc3c(cnn3-c3ccc(F)cc3)c2=O)C1. The van der Waals surface area contributed by atoms with Crippen molar-refractivity contribution in [3.8, 4) is 5.69 Å². The number of hydrogen-bond donors (Lipinski definition) is 0. The summed E-state index contributed by atoms with van der Waals surface area (Å²) in [4.78, 5) is 31.4. The fraction of sp³-hybridized carbons (Fsp3) is 0.368. The van der Waals surface area contributed by atoms with Gasteiger partial charge in [-0.1, -0.05) is 6.92 Å². The second kappa shape index (κ2) is 6.94. The Morgan fingerprint density at radius 3 is 2.81 bits per heavy atom. The van der Waals surface area contributed by atoms with Crippen LogP contribution in [0.25, 0.3) is 16.7 Å². The Morgan fingerprint density at radius 2 is 2.07 bits per heavy atom. The van der Waals surface area contributed by atoms with Crippen LogP contribution in [0.5, 0.6) is 0 Å². The summed E-state index contributed by atoms with van der Waals surface area (Å²) in [6.45, 7) is 3.56. The van der Waals surface area contributed by atoms with Crippen LogP contribution in [0.2, 0.25) is 0 Å². The molecular formula is C19H20FN5O2. The van der Waals surface area contributed by atoms with E-state index in [0.717, 1.165) is 25.9 Å². The molecule has 0 bridgehead atoms. The van der Waals surface area contributed by atoms with Crippen LogP contribution in [0.15, 0.2) is 41.6 Å². The summed E-state index contributed by atoms with van der Waals surface area (Å²) in [7, 11) is 0. The Labute approximate surface area is 155 Å². The number of nitrogens with zero attached hydrogens (tertiary/aromatic N) is 5. The van der Waals surface area contributed by atoms with Crippen molar-refractivity contribution in [2.75, 3.05) is 13.1 Å². The van der Waals surface area contributed by atoms with E-state index in [1.54, 1.807) is 12.1 Å². The number of aromatic nitrogens is 4. The quantitative estimate of drug-likeness (QED) is 0.708. The zero-order chi connectivity index (χ0) is 19.0. The first-order valence-corrected chi connectivity index (χ1v) is 9.00. The fourth-order valence-corrected chi connectivity index (χ4v) is 3.49. The Morgan fingerprint density at radius 1 is 1.30 bits per heavy atom. The van der Waals surface area contributed by atoms with Crippen molar-refractivity contribution >= 4 is 16.9 Å². The molecule has 8 heteroatoms. The van der Waals surface area contributed by atoms with Gasteiger partial charge in [0.2, 0.25) is 5.91 Å². The molecule has 1 aromatic carbocycles. The van der Waals surface area contributed by atoms with Gasteiger partial charge in [-0.2, -0.15) is 5.10 Å². The number of carbonyl (C=O) groups excluding carboxylic acids is 1. The van der Waals surface area contributed by atoms with Crippen LogP contribution in [-0.2, 0) is 11.3 Å². The lowest BCUT2D eigenvalue weighted by atomic mass is 10.0. The van der Waals surface area contributed by atoms with Gasteiger partial charge in [0.25, 0.3) is 5.56 Å². The van der Waals surface area contributed by atoms with Gasteiger partial charge in [0.1, 0.15) is 24.1 Å². The molecule has 1 aliphatic rings. The van der Waals surface area contributed by atoms with E-state index in [9.17, 15) is 14.0 Å². The van der Waals surface area contributed by atoms with Crippen LogP contribution in [0.3, 0.4) is 0 Å². The summed E-state index contributed by atoms with van der Waals surface area (Å²) < 4.78 is 15.9. The molecule has 1 saturated heterocycles. The standard InChI is InChI=1S/C19H20FN5O2/c1-13-3-2-8-23(10-13)17(26)11-24-12-21-18-16(19(24)27)9-22-25(18)15-6-4-14(20)5-7-15/h4-7,9,12-13H,2-3,8,10-11H2,1H3. The van der Waals surface area contributed by atoms with Crippen LogP contribution < -0.4 is 5.56 Å². The zero-order valence-corrected chi connectivity index (χ0v) is 15.0. The molecule has 3 aromatic rings. The van der Waals surface area contributed by atoms with Gasteiger partial charge >= 0.3 is 0 Å². The van der Waals surface area contributed by atoms with Gasteiger partial charge in [-0.3, -0.25) is 14.2 Å². The van der Waals surface area contributed by atoms with Gasteiger partial charge in [-0.25, -0.2) is 14.1 Å². The summed E-state index contributed by atoms with van der Waals surface area (Å²) in [6, 6.07) is 5.77. The third kappa shape index (κ3) is 3.34. The Kier molecular flexibility index (Phi) is 4.47. The maximum atomic E-state index is 13.1. The first-order valence-electron chi connectivity index (χ1n) is 9.00. The van der Waals surface area contributed by atoms with Gasteiger partial charge in [-0.15, -0.1) is 0 Å². The molecule has 0 saturated carbocycles. The lowest BCUT2D eigenvalue weighted by Gasteiger charge is -2.31. The molecule has 0 spiro atoms. The lowest BCUT2D eigenvalue weighted by Crippen LogP contribution is -2.42. The molecule has 2 aromatic heterocycles. The third-order valence-corrected chi connectivity index (χ3v) is 4.94. The second-order valence-corrected chi connectivity index (χ2v) is 7.03. The predicted octanol–water partition coefficient (Wildman–Crippen LogP) is 1.98. The van der Waals surface area contributed by atoms with Gasteiger partial charge in [0, 0.05) is 13.1 Å². The van der Waals surface area contributed by atoms with Crippen molar-refractivity contribution in [1.82, 2.24) is 24.2 Å². The normalized spacial score (nSPS) is 17.4. The van der Waals surface area contributed by atoms with E-state index in [-0.39, 0.29) is 23.8 Å². The van der Waals surface area contributed by atoms with Crippen molar-refractivity contribution in [2.45, 2.75) is 26.3 Å². The molecule has 0 aliphatic carbocycles.